The van der Waals surface area contributed by atoms with Crippen molar-refractivity contribution in [2.75, 3.05) is 52.4 Å². The number of hydrogen-bond acceptors (Lipinski definition) is 5. The lowest BCUT2D eigenvalue weighted by Crippen LogP contribution is -2.53. The summed E-state index contributed by atoms with van der Waals surface area (Å²) in [5.41, 5.74) is -0.273. The molecule has 0 aromatic carbocycles. The van der Waals surface area contributed by atoms with Gasteiger partial charge in [-0.1, -0.05) is 6.92 Å². The lowest BCUT2D eigenvalue weighted by molar-refractivity contribution is 0.0671. The van der Waals surface area contributed by atoms with Gasteiger partial charge in [0.2, 0.25) is 0 Å². The van der Waals surface area contributed by atoms with Crippen molar-refractivity contribution in [2.45, 2.75) is 39.3 Å². The van der Waals surface area contributed by atoms with E-state index in [9.17, 15) is 5.11 Å². The fourth-order valence-electron chi connectivity index (χ4n) is 3.26. The van der Waals surface area contributed by atoms with Gasteiger partial charge in [-0.05, 0) is 27.3 Å². The molecule has 1 aromatic rings. The molecule has 0 saturated carbocycles. The summed E-state index contributed by atoms with van der Waals surface area (Å²) in [6.45, 7) is 15.8. The van der Waals surface area contributed by atoms with Gasteiger partial charge in [-0.3, -0.25) is 9.58 Å². The normalized spacial score (nSPS) is 20.3. The second kappa shape index (κ2) is 10.1. The van der Waals surface area contributed by atoms with Crippen molar-refractivity contribution in [1.29, 1.82) is 0 Å². The van der Waals surface area contributed by atoms with Crippen LogP contribution in [0.15, 0.2) is 17.4 Å². The van der Waals surface area contributed by atoms with Gasteiger partial charge in [-0.15, -0.1) is 0 Å². The lowest BCUT2D eigenvalue weighted by Gasteiger charge is -2.37. The van der Waals surface area contributed by atoms with Crippen LogP contribution in [0.1, 0.15) is 33.3 Å². The summed E-state index contributed by atoms with van der Waals surface area (Å²) >= 11 is 0. The number of guanidine groups is 1. The van der Waals surface area contributed by atoms with Crippen LogP contribution in [0.25, 0.3) is 0 Å². The van der Waals surface area contributed by atoms with E-state index in [2.05, 4.69) is 44.4 Å². The first-order valence-corrected chi connectivity index (χ1v) is 10.1. The Morgan fingerprint density at radius 3 is 2.56 bits per heavy atom. The number of aryl methyl sites for hydroxylation is 1. The Labute approximate surface area is 163 Å². The van der Waals surface area contributed by atoms with Crippen molar-refractivity contribution in [2.24, 2.45) is 12.0 Å². The SMILES string of the molecule is CCNC(=NCC(C)(O)c1cnn(C)c1)NCC(C)N1CCN(CC)CC1. The predicted octanol–water partition coefficient (Wildman–Crippen LogP) is 0.209. The van der Waals surface area contributed by atoms with Gasteiger partial charge in [0.1, 0.15) is 5.60 Å². The molecule has 1 aliphatic rings. The highest BCUT2D eigenvalue weighted by Gasteiger charge is 2.25. The zero-order chi connectivity index (χ0) is 19.9. The maximum atomic E-state index is 10.7. The van der Waals surface area contributed by atoms with E-state index in [1.54, 1.807) is 17.8 Å². The second-order valence-electron chi connectivity index (χ2n) is 7.57. The van der Waals surface area contributed by atoms with E-state index in [-0.39, 0.29) is 6.54 Å². The quantitative estimate of drug-likeness (QED) is 0.443. The van der Waals surface area contributed by atoms with Gasteiger partial charge in [0.05, 0.1) is 12.7 Å². The largest absolute Gasteiger partial charge is 0.383 e. The molecule has 2 unspecified atom stereocenters. The van der Waals surface area contributed by atoms with E-state index >= 15 is 0 Å². The van der Waals surface area contributed by atoms with Crippen LogP contribution in [0.3, 0.4) is 0 Å². The molecule has 27 heavy (non-hydrogen) atoms. The number of hydrogen-bond donors (Lipinski definition) is 3. The number of nitrogens with zero attached hydrogens (tertiary/aromatic N) is 5. The molecule has 0 aliphatic carbocycles. The molecule has 2 atom stereocenters. The standard InChI is InChI=1S/C19H37N7O/c1-6-20-18(22-15-19(4,27)17-13-23-24(5)14-17)21-12-16(3)26-10-8-25(7-2)9-11-26/h13-14,16,27H,6-12,15H2,1-5H3,(H2,20,21,22). The smallest absolute Gasteiger partial charge is 0.191 e. The highest BCUT2D eigenvalue weighted by atomic mass is 16.3. The minimum atomic E-state index is -1.04. The average molecular weight is 380 g/mol. The van der Waals surface area contributed by atoms with Crippen molar-refractivity contribution in [3.63, 3.8) is 0 Å². The van der Waals surface area contributed by atoms with Crippen molar-refractivity contribution < 1.29 is 5.11 Å². The highest BCUT2D eigenvalue weighted by molar-refractivity contribution is 5.79. The lowest BCUT2D eigenvalue weighted by atomic mass is 10.0. The fraction of sp³-hybridized carbons (Fsp3) is 0.789. The van der Waals surface area contributed by atoms with Crippen molar-refractivity contribution >= 4 is 5.96 Å². The molecule has 1 saturated heterocycles. The molecule has 0 bridgehead atoms. The maximum absolute atomic E-state index is 10.7. The molecule has 0 amide bonds. The predicted molar refractivity (Wildman–Crippen MR) is 110 cm³/mol. The number of nitrogens with one attached hydrogen (secondary N) is 2. The summed E-state index contributed by atoms with van der Waals surface area (Å²) in [6, 6.07) is 0.437. The third kappa shape index (κ3) is 6.48. The van der Waals surface area contributed by atoms with Crippen molar-refractivity contribution in [3.05, 3.63) is 18.0 Å². The van der Waals surface area contributed by atoms with Crippen LogP contribution in [0.4, 0.5) is 0 Å². The summed E-state index contributed by atoms with van der Waals surface area (Å²) in [4.78, 5) is 9.60. The van der Waals surface area contributed by atoms with Crippen molar-refractivity contribution in [1.82, 2.24) is 30.2 Å². The first kappa shape index (κ1) is 21.7. The van der Waals surface area contributed by atoms with Crippen LogP contribution in [-0.2, 0) is 12.6 Å². The van der Waals surface area contributed by atoms with E-state index in [4.69, 9.17) is 0 Å². The van der Waals surface area contributed by atoms with Gasteiger partial charge in [0, 0.05) is 64.1 Å². The van der Waals surface area contributed by atoms with Gasteiger partial charge in [-0.2, -0.15) is 5.10 Å². The van der Waals surface area contributed by atoms with E-state index in [0.717, 1.165) is 57.3 Å². The minimum absolute atomic E-state index is 0.275. The zero-order valence-corrected chi connectivity index (χ0v) is 17.6. The first-order valence-electron chi connectivity index (χ1n) is 10.1. The summed E-state index contributed by atoms with van der Waals surface area (Å²) in [7, 11) is 1.84. The molecule has 1 aromatic heterocycles. The first-order chi connectivity index (χ1) is 12.9. The Kier molecular flexibility index (Phi) is 8.07. The number of piperazine rings is 1. The molecular formula is C19H37N7O. The summed E-state index contributed by atoms with van der Waals surface area (Å²) < 4.78 is 1.69. The molecule has 0 spiro atoms. The molecule has 1 fully saturated rings. The highest BCUT2D eigenvalue weighted by Crippen LogP contribution is 2.19. The molecule has 1 aliphatic heterocycles. The van der Waals surface area contributed by atoms with Gasteiger partial charge in [0.15, 0.2) is 5.96 Å². The minimum Gasteiger partial charge on any atom is -0.383 e. The summed E-state index contributed by atoms with van der Waals surface area (Å²) in [6.07, 6.45) is 3.52. The molecule has 2 heterocycles. The topological polar surface area (TPSA) is 80.9 Å². The maximum Gasteiger partial charge on any atom is 0.191 e. The number of aromatic nitrogens is 2. The molecular weight excluding hydrogens is 342 g/mol. The molecule has 0 radical (unpaired) electrons. The number of rotatable bonds is 8. The third-order valence-electron chi connectivity index (χ3n) is 5.26. The van der Waals surface area contributed by atoms with Crippen LogP contribution >= 0.6 is 0 Å². The molecule has 154 valence electrons. The fourth-order valence-corrected chi connectivity index (χ4v) is 3.26. The molecule has 8 heteroatoms. The number of aliphatic hydroxyl groups is 1. The van der Waals surface area contributed by atoms with E-state index in [1.165, 1.54) is 0 Å². The van der Waals surface area contributed by atoms with Crippen LogP contribution in [0.2, 0.25) is 0 Å². The summed E-state index contributed by atoms with van der Waals surface area (Å²) in [5.74, 6) is 0.737. The molecule has 8 nitrogen and oxygen atoms in total. The Balaban J connectivity index is 1.87. The average Bonchev–Trinajstić information content (AvgIpc) is 3.11. The number of aliphatic imine (C=N–C) groups is 1. The van der Waals surface area contributed by atoms with Gasteiger partial charge in [0.25, 0.3) is 0 Å². The second-order valence-corrected chi connectivity index (χ2v) is 7.57. The monoisotopic (exact) mass is 379 g/mol. The van der Waals surface area contributed by atoms with Gasteiger partial charge >= 0.3 is 0 Å². The van der Waals surface area contributed by atoms with Crippen molar-refractivity contribution in [3.8, 4) is 0 Å². The van der Waals surface area contributed by atoms with Crippen LogP contribution in [-0.4, -0.2) is 89.0 Å². The van der Waals surface area contributed by atoms with Crippen LogP contribution < -0.4 is 10.6 Å². The van der Waals surface area contributed by atoms with Gasteiger partial charge in [-0.25, -0.2) is 4.99 Å². The van der Waals surface area contributed by atoms with Crippen LogP contribution in [0.5, 0.6) is 0 Å². The van der Waals surface area contributed by atoms with Gasteiger partial charge < -0.3 is 20.6 Å². The van der Waals surface area contributed by atoms with E-state index in [1.807, 2.05) is 20.2 Å². The molecule has 2 rings (SSSR count). The third-order valence-corrected chi connectivity index (χ3v) is 5.26. The van der Waals surface area contributed by atoms with E-state index in [0.29, 0.717) is 6.04 Å². The van der Waals surface area contributed by atoms with Crippen LogP contribution in [0, 0.1) is 0 Å². The summed E-state index contributed by atoms with van der Waals surface area (Å²) in [5, 5.41) is 21.5. The van der Waals surface area contributed by atoms with E-state index < -0.39 is 5.60 Å². The Bertz CT molecular complexity index is 591. The molecule has 3 N–H and O–H groups in total. The Morgan fingerprint density at radius 1 is 1.30 bits per heavy atom. The Morgan fingerprint density at radius 2 is 2.00 bits per heavy atom. The zero-order valence-electron chi connectivity index (χ0n) is 17.6. The number of likely N-dealkylation sites (N-methyl/N-ethyl adjacent to an activating group) is 1. The Hall–Kier alpha value is -1.64.